The van der Waals surface area contributed by atoms with Crippen LogP contribution in [0.1, 0.15) is 91.2 Å². The molecule has 1 heterocycles. The second kappa shape index (κ2) is 14.8. The molecule has 2 aromatic rings. The van der Waals surface area contributed by atoms with Crippen LogP contribution < -0.4 is 11.1 Å². The zero-order chi connectivity index (χ0) is 30.9. The zero-order valence-electron chi connectivity index (χ0n) is 25.9. The van der Waals surface area contributed by atoms with Crippen LogP contribution in [-0.2, 0) is 22.6 Å². The van der Waals surface area contributed by atoms with E-state index in [1.807, 2.05) is 70.7 Å². The van der Waals surface area contributed by atoms with E-state index in [2.05, 4.69) is 15.3 Å². The van der Waals surface area contributed by atoms with Crippen molar-refractivity contribution in [2.75, 3.05) is 24.1 Å². The molecule has 1 saturated carbocycles. The van der Waals surface area contributed by atoms with Gasteiger partial charge in [0, 0.05) is 38.3 Å². The monoisotopic (exact) mass is 602 g/mol. The topological polar surface area (TPSA) is 123 Å². The van der Waals surface area contributed by atoms with Gasteiger partial charge in [0.2, 0.25) is 5.95 Å². The lowest BCUT2D eigenvalue weighted by molar-refractivity contribution is 0.00970. The summed E-state index contributed by atoms with van der Waals surface area (Å²) in [5.41, 5.74) is 6.49. The van der Waals surface area contributed by atoms with Gasteiger partial charge in [-0.2, -0.15) is 4.98 Å². The molecule has 0 radical (unpaired) electrons. The molecule has 232 valence electrons. The summed E-state index contributed by atoms with van der Waals surface area (Å²) in [7, 11) is 0. The summed E-state index contributed by atoms with van der Waals surface area (Å²) in [6.45, 7) is 13.0. The average Bonchev–Trinajstić information content (AvgIpc) is 2.87. The van der Waals surface area contributed by atoms with Gasteiger partial charge in [-0.1, -0.05) is 55.1 Å². The minimum Gasteiger partial charge on any atom is -0.444 e. The van der Waals surface area contributed by atoms with Crippen LogP contribution in [0.2, 0.25) is 5.15 Å². The number of nitrogens with two attached hydrogens (primary N) is 1. The minimum absolute atomic E-state index is 0.159. The molecule has 0 unspecified atom stereocenters. The number of rotatable bonds is 10. The van der Waals surface area contributed by atoms with E-state index in [0.29, 0.717) is 38.5 Å². The van der Waals surface area contributed by atoms with Crippen LogP contribution >= 0.6 is 11.6 Å². The summed E-state index contributed by atoms with van der Waals surface area (Å²) in [5, 5.41) is 3.40. The Hall–Kier alpha value is -3.27. The number of nitrogens with one attached hydrogen (secondary N) is 1. The highest BCUT2D eigenvalue weighted by Gasteiger charge is 2.30. The number of ether oxygens (including phenoxy) is 2. The largest absolute Gasteiger partial charge is 0.444 e. The van der Waals surface area contributed by atoms with Crippen molar-refractivity contribution >= 4 is 35.6 Å². The fourth-order valence-corrected chi connectivity index (χ4v) is 5.07. The second-order valence-corrected chi connectivity index (χ2v) is 13.2. The molecule has 0 spiro atoms. The Kier molecular flexibility index (Phi) is 11.7. The maximum atomic E-state index is 13.3. The molecule has 1 aromatic carbocycles. The smallest absolute Gasteiger partial charge is 0.410 e. The summed E-state index contributed by atoms with van der Waals surface area (Å²) < 4.78 is 11.5. The maximum absolute atomic E-state index is 13.3. The highest BCUT2D eigenvalue weighted by molar-refractivity contribution is 6.29. The zero-order valence-corrected chi connectivity index (χ0v) is 26.7. The van der Waals surface area contributed by atoms with Crippen molar-refractivity contribution in [1.29, 1.82) is 0 Å². The normalized spacial score (nSPS) is 14.3. The first-order valence-electron chi connectivity index (χ1n) is 14.8. The Morgan fingerprint density at radius 3 is 2.24 bits per heavy atom. The van der Waals surface area contributed by atoms with Crippen molar-refractivity contribution in [3.05, 3.63) is 46.6 Å². The summed E-state index contributed by atoms with van der Waals surface area (Å²) in [6, 6.07) is 9.56. The molecule has 10 nitrogen and oxygen atoms in total. The second-order valence-electron chi connectivity index (χ2n) is 12.8. The molecule has 0 saturated heterocycles. The first kappa shape index (κ1) is 33.2. The van der Waals surface area contributed by atoms with Crippen LogP contribution in [0.4, 0.5) is 21.4 Å². The number of hydrogen-bond acceptors (Lipinski definition) is 8. The first-order valence-corrected chi connectivity index (χ1v) is 15.2. The molecule has 1 aliphatic carbocycles. The Balaban J connectivity index is 1.70. The van der Waals surface area contributed by atoms with E-state index in [1.54, 1.807) is 4.90 Å². The van der Waals surface area contributed by atoms with E-state index in [1.165, 1.54) is 12.5 Å². The number of carbonyl (C=O) groups is 2. The number of nitrogens with zero attached hydrogens (tertiary/aromatic N) is 4. The molecular weight excluding hydrogens is 556 g/mol. The third kappa shape index (κ3) is 11.5. The molecular formula is C31H47ClN6O4. The van der Waals surface area contributed by atoms with Gasteiger partial charge in [0.05, 0.1) is 0 Å². The molecule has 11 heteroatoms. The van der Waals surface area contributed by atoms with Gasteiger partial charge >= 0.3 is 12.2 Å². The quantitative estimate of drug-likeness (QED) is 0.278. The van der Waals surface area contributed by atoms with Crippen molar-refractivity contribution in [2.24, 2.45) is 0 Å². The number of aromatic nitrogens is 2. The average molecular weight is 603 g/mol. The Labute approximate surface area is 255 Å². The third-order valence-corrected chi connectivity index (χ3v) is 6.85. The molecule has 1 aromatic heterocycles. The van der Waals surface area contributed by atoms with Gasteiger partial charge in [0.25, 0.3) is 0 Å². The molecule has 3 N–H and O–H groups in total. The fraction of sp³-hybridized carbons (Fsp3) is 0.613. The van der Waals surface area contributed by atoms with Gasteiger partial charge in [-0.15, -0.1) is 0 Å². The lowest BCUT2D eigenvalue weighted by atomic mass is 9.94. The van der Waals surface area contributed by atoms with E-state index in [4.69, 9.17) is 26.8 Å². The number of hydrogen-bond donors (Lipinski definition) is 2. The third-order valence-electron chi connectivity index (χ3n) is 6.65. The van der Waals surface area contributed by atoms with Gasteiger partial charge < -0.3 is 30.3 Å². The van der Waals surface area contributed by atoms with Crippen LogP contribution in [-0.4, -0.2) is 62.3 Å². The number of benzene rings is 1. The van der Waals surface area contributed by atoms with E-state index in [-0.39, 0.29) is 23.1 Å². The van der Waals surface area contributed by atoms with E-state index in [0.717, 1.165) is 36.8 Å². The SMILES string of the molecule is CC(C)(C)OC(=O)N(CCCN(C(=O)OC(C)(C)C)C1CCCCC1)Cc1cccc(CNc2nc(N)cc(Cl)n2)c1. The summed E-state index contributed by atoms with van der Waals surface area (Å²) in [5.74, 6) is 0.626. The highest BCUT2D eigenvalue weighted by Crippen LogP contribution is 2.25. The lowest BCUT2D eigenvalue weighted by Gasteiger charge is -2.36. The van der Waals surface area contributed by atoms with Crippen molar-refractivity contribution in [1.82, 2.24) is 19.8 Å². The van der Waals surface area contributed by atoms with Crippen molar-refractivity contribution in [3.63, 3.8) is 0 Å². The first-order chi connectivity index (χ1) is 19.7. The minimum atomic E-state index is -0.634. The molecule has 0 aliphatic heterocycles. The molecule has 0 bridgehead atoms. The number of anilines is 2. The maximum Gasteiger partial charge on any atom is 0.410 e. The van der Waals surface area contributed by atoms with E-state index >= 15 is 0 Å². The van der Waals surface area contributed by atoms with E-state index in [9.17, 15) is 9.59 Å². The predicted octanol–water partition coefficient (Wildman–Crippen LogP) is 7.02. The Morgan fingerprint density at radius 1 is 0.952 bits per heavy atom. The number of halogens is 1. The molecule has 42 heavy (non-hydrogen) atoms. The van der Waals surface area contributed by atoms with Gasteiger partial charge in [-0.05, 0) is 71.9 Å². The summed E-state index contributed by atoms with van der Waals surface area (Å²) in [4.78, 5) is 38.3. The van der Waals surface area contributed by atoms with Crippen molar-refractivity contribution < 1.29 is 19.1 Å². The van der Waals surface area contributed by atoms with Crippen molar-refractivity contribution in [2.45, 2.75) is 110 Å². The number of nitrogen functional groups attached to an aromatic ring is 1. The highest BCUT2D eigenvalue weighted by atomic mass is 35.5. The predicted molar refractivity (Wildman–Crippen MR) is 166 cm³/mol. The van der Waals surface area contributed by atoms with Gasteiger partial charge in [-0.3, -0.25) is 0 Å². The van der Waals surface area contributed by atoms with Crippen LogP contribution in [0.15, 0.2) is 30.3 Å². The number of amides is 2. The van der Waals surface area contributed by atoms with Gasteiger partial charge in [0.15, 0.2) is 0 Å². The molecule has 0 atom stereocenters. The lowest BCUT2D eigenvalue weighted by Crippen LogP contribution is -2.45. The molecule has 1 aliphatic rings. The fourth-order valence-electron chi connectivity index (χ4n) is 4.88. The molecule has 1 fully saturated rings. The van der Waals surface area contributed by atoms with Crippen molar-refractivity contribution in [3.8, 4) is 0 Å². The summed E-state index contributed by atoms with van der Waals surface area (Å²) >= 11 is 5.99. The molecule has 3 rings (SSSR count). The summed E-state index contributed by atoms with van der Waals surface area (Å²) in [6.07, 6.45) is 5.28. The van der Waals surface area contributed by atoms with Gasteiger partial charge in [0.1, 0.15) is 22.2 Å². The van der Waals surface area contributed by atoms with Crippen LogP contribution in [0.5, 0.6) is 0 Å². The Morgan fingerprint density at radius 2 is 1.60 bits per heavy atom. The van der Waals surface area contributed by atoms with Crippen LogP contribution in [0.25, 0.3) is 0 Å². The van der Waals surface area contributed by atoms with Crippen LogP contribution in [0, 0.1) is 0 Å². The van der Waals surface area contributed by atoms with E-state index < -0.39 is 17.3 Å². The number of carbonyl (C=O) groups excluding carboxylic acids is 2. The van der Waals surface area contributed by atoms with Crippen LogP contribution in [0.3, 0.4) is 0 Å². The Bertz CT molecular complexity index is 1170. The van der Waals surface area contributed by atoms with Gasteiger partial charge in [-0.25, -0.2) is 14.6 Å². The molecule has 2 amide bonds. The standard InChI is InChI=1S/C31H47ClN6O4/c1-30(2,3)41-28(39)37(16-11-17-38(24-14-8-7-9-15-24)29(40)42-31(4,5)6)21-23-13-10-12-22(18-23)20-34-27-35-25(32)19-26(33)36-27/h10,12-13,18-19,24H,7-9,11,14-17,20-21H2,1-6H3,(H3,33,34,35,36).